The lowest BCUT2D eigenvalue weighted by Gasteiger charge is -2.13. The van der Waals surface area contributed by atoms with Gasteiger partial charge in [-0.3, -0.25) is 4.79 Å². The number of aliphatic carboxylic acids is 1. The summed E-state index contributed by atoms with van der Waals surface area (Å²) in [7, 11) is 1.53. The van der Waals surface area contributed by atoms with Crippen LogP contribution in [0.3, 0.4) is 0 Å². The first-order valence-corrected chi connectivity index (χ1v) is 7.24. The summed E-state index contributed by atoms with van der Waals surface area (Å²) < 4.78 is 11.0. The number of rotatable bonds is 8. The first-order valence-electron chi connectivity index (χ1n) is 7.24. The van der Waals surface area contributed by atoms with Gasteiger partial charge >= 0.3 is 5.97 Å². The fraction of sp³-hybridized carbons (Fsp3) is 0.235. The van der Waals surface area contributed by atoms with Crippen LogP contribution in [0.4, 0.5) is 0 Å². The van der Waals surface area contributed by atoms with E-state index in [1.807, 2.05) is 30.3 Å². The van der Waals surface area contributed by atoms with Crippen molar-refractivity contribution >= 4 is 5.97 Å². The van der Waals surface area contributed by atoms with Crippen LogP contribution in [0.25, 0.3) is 10.4 Å². The fourth-order valence-electron chi connectivity index (χ4n) is 2.16. The third-order valence-electron chi connectivity index (χ3n) is 3.37. The van der Waals surface area contributed by atoms with Crippen molar-refractivity contribution in [1.82, 2.24) is 0 Å². The summed E-state index contributed by atoms with van der Waals surface area (Å²) in [6.07, 6.45) is 0.0745. The summed E-state index contributed by atoms with van der Waals surface area (Å²) in [5.41, 5.74) is 10.1. The number of azide groups is 1. The van der Waals surface area contributed by atoms with E-state index in [1.54, 1.807) is 18.2 Å². The van der Waals surface area contributed by atoms with Crippen LogP contribution in [0.2, 0.25) is 0 Å². The smallest absolute Gasteiger partial charge is 0.312 e. The van der Waals surface area contributed by atoms with Crippen LogP contribution < -0.4 is 9.47 Å². The SMILES string of the molecule is COc1ccc(C[C@H](N=[N+]=[N-])C(=O)O)cc1OCc1ccccc1. The molecule has 0 fully saturated rings. The topological polar surface area (TPSA) is 105 Å². The van der Waals surface area contributed by atoms with Crippen LogP contribution in [0.1, 0.15) is 11.1 Å². The molecule has 0 unspecified atom stereocenters. The highest BCUT2D eigenvalue weighted by Gasteiger charge is 2.17. The van der Waals surface area contributed by atoms with Crippen LogP contribution in [0.5, 0.6) is 11.5 Å². The van der Waals surface area contributed by atoms with Gasteiger partial charge in [0.05, 0.1) is 7.11 Å². The molecule has 0 spiro atoms. The number of benzene rings is 2. The number of ether oxygens (including phenoxy) is 2. The molecule has 7 heteroatoms. The maximum Gasteiger partial charge on any atom is 0.312 e. The van der Waals surface area contributed by atoms with Gasteiger partial charge in [0.25, 0.3) is 0 Å². The molecule has 124 valence electrons. The number of hydrogen-bond acceptors (Lipinski definition) is 4. The van der Waals surface area contributed by atoms with Crippen LogP contribution in [-0.2, 0) is 17.8 Å². The molecule has 2 aromatic rings. The van der Waals surface area contributed by atoms with Crippen molar-refractivity contribution in [3.05, 3.63) is 70.1 Å². The Labute approximate surface area is 139 Å². The fourth-order valence-corrected chi connectivity index (χ4v) is 2.16. The lowest BCUT2D eigenvalue weighted by Crippen LogP contribution is -2.19. The molecule has 0 aromatic heterocycles. The van der Waals surface area contributed by atoms with E-state index < -0.39 is 12.0 Å². The van der Waals surface area contributed by atoms with E-state index >= 15 is 0 Å². The third kappa shape index (κ3) is 4.66. The second kappa shape index (κ2) is 8.45. The molecule has 0 bridgehead atoms. The van der Waals surface area contributed by atoms with Crippen molar-refractivity contribution < 1.29 is 19.4 Å². The third-order valence-corrected chi connectivity index (χ3v) is 3.37. The van der Waals surface area contributed by atoms with E-state index in [9.17, 15) is 4.79 Å². The summed E-state index contributed by atoms with van der Waals surface area (Å²) in [5, 5.41) is 12.4. The average Bonchev–Trinajstić information content (AvgIpc) is 2.60. The first-order chi connectivity index (χ1) is 11.6. The maximum atomic E-state index is 11.1. The van der Waals surface area contributed by atoms with Gasteiger partial charge in [-0.2, -0.15) is 0 Å². The second-order valence-corrected chi connectivity index (χ2v) is 5.02. The van der Waals surface area contributed by atoms with Gasteiger partial charge in [-0.25, -0.2) is 0 Å². The highest BCUT2D eigenvalue weighted by molar-refractivity contribution is 5.74. The summed E-state index contributed by atoms with van der Waals surface area (Å²) in [6.45, 7) is 0.360. The van der Waals surface area contributed by atoms with E-state index in [2.05, 4.69) is 10.0 Å². The molecule has 2 rings (SSSR count). The summed E-state index contributed by atoms with van der Waals surface area (Å²) >= 11 is 0. The number of carboxylic acids is 1. The van der Waals surface area contributed by atoms with Crippen molar-refractivity contribution in [1.29, 1.82) is 0 Å². The number of nitrogens with zero attached hydrogens (tertiary/aromatic N) is 3. The molecule has 7 nitrogen and oxygen atoms in total. The Morgan fingerprint density at radius 2 is 1.96 bits per heavy atom. The zero-order chi connectivity index (χ0) is 17.4. The van der Waals surface area contributed by atoms with Gasteiger partial charge in [0.1, 0.15) is 12.6 Å². The number of carbonyl (C=O) groups is 1. The van der Waals surface area contributed by atoms with Crippen molar-refractivity contribution in [2.75, 3.05) is 7.11 Å². The van der Waals surface area contributed by atoms with Crippen LogP contribution in [0.15, 0.2) is 53.6 Å². The molecular formula is C17H17N3O4. The molecule has 0 amide bonds. The van der Waals surface area contributed by atoms with Crippen molar-refractivity contribution in [3.8, 4) is 11.5 Å². The summed E-state index contributed by atoms with van der Waals surface area (Å²) in [6, 6.07) is 13.6. The zero-order valence-corrected chi connectivity index (χ0v) is 13.1. The largest absolute Gasteiger partial charge is 0.493 e. The Morgan fingerprint density at radius 1 is 1.21 bits per heavy atom. The molecule has 0 aliphatic carbocycles. The first kappa shape index (κ1) is 17.2. The zero-order valence-electron chi connectivity index (χ0n) is 13.1. The minimum atomic E-state index is -1.17. The van der Waals surface area contributed by atoms with E-state index in [0.29, 0.717) is 23.7 Å². The number of hydrogen-bond donors (Lipinski definition) is 1. The predicted octanol–water partition coefficient (Wildman–Crippen LogP) is 3.58. The van der Waals surface area contributed by atoms with E-state index in [-0.39, 0.29) is 6.42 Å². The molecule has 2 aromatic carbocycles. The Morgan fingerprint density at radius 3 is 2.58 bits per heavy atom. The monoisotopic (exact) mass is 327 g/mol. The highest BCUT2D eigenvalue weighted by atomic mass is 16.5. The normalized spacial score (nSPS) is 11.2. The Hall–Kier alpha value is -3.18. The van der Waals surface area contributed by atoms with E-state index in [1.165, 1.54) is 7.11 Å². The average molecular weight is 327 g/mol. The lowest BCUT2D eigenvalue weighted by atomic mass is 10.1. The number of methoxy groups -OCH3 is 1. The van der Waals surface area contributed by atoms with Gasteiger partial charge in [0, 0.05) is 4.91 Å². The Bertz CT molecular complexity index is 741. The Balaban J connectivity index is 2.17. The summed E-state index contributed by atoms with van der Waals surface area (Å²) in [4.78, 5) is 13.7. The van der Waals surface area contributed by atoms with E-state index in [0.717, 1.165) is 5.56 Å². The molecule has 0 radical (unpaired) electrons. The van der Waals surface area contributed by atoms with Gasteiger partial charge in [-0.15, -0.1) is 0 Å². The highest BCUT2D eigenvalue weighted by Crippen LogP contribution is 2.29. The minimum absolute atomic E-state index is 0.0745. The maximum absolute atomic E-state index is 11.1. The molecule has 24 heavy (non-hydrogen) atoms. The lowest BCUT2D eigenvalue weighted by molar-refractivity contribution is -0.138. The molecular weight excluding hydrogens is 310 g/mol. The van der Waals surface area contributed by atoms with Crippen LogP contribution >= 0.6 is 0 Å². The van der Waals surface area contributed by atoms with Crippen molar-refractivity contribution in [2.24, 2.45) is 5.11 Å². The van der Waals surface area contributed by atoms with Gasteiger partial charge in [-0.05, 0) is 35.2 Å². The van der Waals surface area contributed by atoms with Gasteiger partial charge in [0.2, 0.25) is 0 Å². The predicted molar refractivity (Wildman–Crippen MR) is 88.0 cm³/mol. The molecule has 1 atom stereocenters. The Kier molecular flexibility index (Phi) is 6.05. The molecule has 0 aliphatic rings. The standard InChI is InChI=1S/C17H17N3O4/c1-23-15-8-7-13(9-14(17(21)22)19-20-18)10-16(15)24-11-12-5-3-2-4-6-12/h2-8,10,14H,9,11H2,1H3,(H,21,22)/t14-/m0/s1. The van der Waals surface area contributed by atoms with Crippen LogP contribution in [-0.4, -0.2) is 24.2 Å². The second-order valence-electron chi connectivity index (χ2n) is 5.02. The minimum Gasteiger partial charge on any atom is -0.493 e. The van der Waals surface area contributed by atoms with Gasteiger partial charge in [-0.1, -0.05) is 41.5 Å². The molecule has 0 saturated heterocycles. The molecule has 0 saturated carbocycles. The van der Waals surface area contributed by atoms with Crippen molar-refractivity contribution in [2.45, 2.75) is 19.1 Å². The molecule has 0 heterocycles. The summed E-state index contributed by atoms with van der Waals surface area (Å²) in [5.74, 6) is -0.121. The van der Waals surface area contributed by atoms with E-state index in [4.69, 9.17) is 20.1 Å². The van der Waals surface area contributed by atoms with Crippen LogP contribution in [0, 0.1) is 0 Å². The van der Waals surface area contributed by atoms with Gasteiger partial charge in [0.15, 0.2) is 11.5 Å². The van der Waals surface area contributed by atoms with Crippen molar-refractivity contribution in [3.63, 3.8) is 0 Å². The van der Waals surface area contributed by atoms with Gasteiger partial charge < -0.3 is 14.6 Å². The molecule has 1 N–H and O–H groups in total. The number of carboxylic acid groups (broad SMARTS) is 1. The molecule has 0 aliphatic heterocycles. The quantitative estimate of drug-likeness (QED) is 0.454.